The summed E-state index contributed by atoms with van der Waals surface area (Å²) >= 11 is 0. The van der Waals surface area contributed by atoms with Crippen LogP contribution in [0.5, 0.6) is 0 Å². The Morgan fingerprint density at radius 3 is 2.35 bits per heavy atom. The van der Waals surface area contributed by atoms with Crippen molar-refractivity contribution in [2.75, 3.05) is 7.05 Å². The standard InChI is InChI=1S/C15H22FN/c1-7-12(4)10-11-13(5)15(14(16)8-2)17(6)9-3/h7,9,11H,1,3-4,8,10H2,2,5-6H3/b13-11-,15-14-. The van der Waals surface area contributed by atoms with Gasteiger partial charge in [0.25, 0.3) is 0 Å². The Labute approximate surface area is 104 Å². The molecule has 0 aromatic rings. The molecule has 0 unspecified atom stereocenters. The highest BCUT2D eigenvalue weighted by Gasteiger charge is 2.10. The molecule has 0 N–H and O–H groups in total. The highest BCUT2D eigenvalue weighted by Crippen LogP contribution is 2.22. The van der Waals surface area contributed by atoms with Gasteiger partial charge in [0.2, 0.25) is 0 Å². The molecule has 0 heterocycles. The van der Waals surface area contributed by atoms with Crippen molar-refractivity contribution in [1.29, 1.82) is 0 Å². The van der Waals surface area contributed by atoms with E-state index < -0.39 is 0 Å². The number of halogens is 1. The van der Waals surface area contributed by atoms with E-state index >= 15 is 0 Å². The van der Waals surface area contributed by atoms with Crippen LogP contribution in [-0.2, 0) is 0 Å². The second kappa shape index (κ2) is 7.66. The van der Waals surface area contributed by atoms with Gasteiger partial charge in [-0.1, -0.05) is 44.4 Å². The van der Waals surface area contributed by atoms with Crippen LogP contribution in [0.15, 0.2) is 60.8 Å². The molecule has 2 heteroatoms. The first-order valence-electron chi connectivity index (χ1n) is 5.69. The highest BCUT2D eigenvalue weighted by atomic mass is 19.1. The molecular formula is C15H22FN. The molecule has 0 saturated carbocycles. The number of likely N-dealkylation sites (N-methyl/N-ethyl adjacent to an activating group) is 1. The van der Waals surface area contributed by atoms with E-state index in [2.05, 4.69) is 19.7 Å². The summed E-state index contributed by atoms with van der Waals surface area (Å²) in [5.41, 5.74) is 2.39. The van der Waals surface area contributed by atoms with Gasteiger partial charge in [-0.2, -0.15) is 0 Å². The summed E-state index contributed by atoms with van der Waals surface area (Å²) in [6.07, 6.45) is 6.32. The summed E-state index contributed by atoms with van der Waals surface area (Å²) < 4.78 is 13.8. The number of hydrogen-bond acceptors (Lipinski definition) is 1. The Morgan fingerprint density at radius 2 is 1.94 bits per heavy atom. The van der Waals surface area contributed by atoms with Crippen molar-refractivity contribution in [2.24, 2.45) is 0 Å². The summed E-state index contributed by atoms with van der Waals surface area (Å²) in [5.74, 6) is -0.134. The minimum Gasteiger partial charge on any atom is -0.349 e. The van der Waals surface area contributed by atoms with Crippen molar-refractivity contribution in [3.8, 4) is 0 Å². The summed E-state index contributed by atoms with van der Waals surface area (Å²) in [6, 6.07) is 0. The van der Waals surface area contributed by atoms with E-state index in [0.717, 1.165) is 11.1 Å². The lowest BCUT2D eigenvalue weighted by Crippen LogP contribution is -2.12. The first kappa shape index (κ1) is 15.4. The molecule has 0 aliphatic rings. The van der Waals surface area contributed by atoms with E-state index in [-0.39, 0.29) is 5.83 Å². The van der Waals surface area contributed by atoms with Crippen LogP contribution in [0.1, 0.15) is 26.7 Å². The van der Waals surface area contributed by atoms with Gasteiger partial charge < -0.3 is 4.90 Å². The zero-order valence-corrected chi connectivity index (χ0v) is 11.1. The molecule has 0 spiro atoms. The number of rotatable bonds is 7. The predicted molar refractivity (Wildman–Crippen MR) is 74.1 cm³/mol. The highest BCUT2D eigenvalue weighted by molar-refractivity contribution is 5.33. The van der Waals surface area contributed by atoms with E-state index in [1.165, 1.54) is 0 Å². The Bertz CT molecular complexity index is 361. The van der Waals surface area contributed by atoms with Gasteiger partial charge in [-0.25, -0.2) is 4.39 Å². The van der Waals surface area contributed by atoms with Gasteiger partial charge in [0.1, 0.15) is 5.83 Å². The van der Waals surface area contributed by atoms with Gasteiger partial charge in [-0.05, 0) is 31.5 Å². The molecule has 1 nitrogen and oxygen atoms in total. The van der Waals surface area contributed by atoms with Crippen molar-refractivity contribution in [3.63, 3.8) is 0 Å². The molecular weight excluding hydrogens is 213 g/mol. The van der Waals surface area contributed by atoms with E-state index in [1.807, 2.05) is 13.0 Å². The topological polar surface area (TPSA) is 3.24 Å². The molecule has 0 aliphatic carbocycles. The third-order valence-corrected chi connectivity index (χ3v) is 2.53. The van der Waals surface area contributed by atoms with Crippen molar-refractivity contribution < 1.29 is 4.39 Å². The Morgan fingerprint density at radius 1 is 1.35 bits per heavy atom. The Hall–Kier alpha value is -1.57. The smallest absolute Gasteiger partial charge is 0.123 e. The van der Waals surface area contributed by atoms with Crippen molar-refractivity contribution >= 4 is 0 Å². The van der Waals surface area contributed by atoms with Crippen LogP contribution >= 0.6 is 0 Å². The fourth-order valence-corrected chi connectivity index (χ4v) is 1.41. The van der Waals surface area contributed by atoms with Crippen LogP contribution in [-0.4, -0.2) is 11.9 Å². The van der Waals surface area contributed by atoms with Crippen molar-refractivity contribution in [3.05, 3.63) is 60.8 Å². The largest absolute Gasteiger partial charge is 0.349 e. The minimum atomic E-state index is -0.134. The van der Waals surface area contributed by atoms with Gasteiger partial charge in [0, 0.05) is 7.05 Å². The molecule has 0 rings (SSSR count). The van der Waals surface area contributed by atoms with E-state index in [9.17, 15) is 4.39 Å². The van der Waals surface area contributed by atoms with Gasteiger partial charge in [0.15, 0.2) is 0 Å². The van der Waals surface area contributed by atoms with Crippen molar-refractivity contribution in [2.45, 2.75) is 26.7 Å². The lowest BCUT2D eigenvalue weighted by atomic mass is 10.1. The van der Waals surface area contributed by atoms with Gasteiger partial charge >= 0.3 is 0 Å². The second-order valence-electron chi connectivity index (χ2n) is 3.85. The van der Waals surface area contributed by atoms with Crippen LogP contribution in [0.25, 0.3) is 0 Å². The molecule has 0 aromatic carbocycles. The number of allylic oxidation sites excluding steroid dienone is 5. The summed E-state index contributed by atoms with van der Waals surface area (Å²) in [7, 11) is 1.79. The van der Waals surface area contributed by atoms with Crippen LogP contribution in [0.4, 0.5) is 4.39 Å². The summed E-state index contributed by atoms with van der Waals surface area (Å²) in [5, 5.41) is 0. The van der Waals surface area contributed by atoms with Crippen LogP contribution in [0.2, 0.25) is 0 Å². The Kier molecular flexibility index (Phi) is 6.95. The first-order chi connectivity index (χ1) is 7.97. The maximum absolute atomic E-state index is 13.8. The third kappa shape index (κ3) is 4.85. The van der Waals surface area contributed by atoms with Gasteiger partial charge in [-0.15, -0.1) is 0 Å². The zero-order valence-electron chi connectivity index (χ0n) is 11.1. The molecule has 0 fully saturated rings. The molecule has 0 aliphatic heterocycles. The number of hydrogen-bond donors (Lipinski definition) is 0. The third-order valence-electron chi connectivity index (χ3n) is 2.53. The van der Waals surface area contributed by atoms with Crippen LogP contribution in [0.3, 0.4) is 0 Å². The van der Waals surface area contributed by atoms with Gasteiger partial charge in [0.05, 0.1) is 5.70 Å². The molecule has 0 aromatic heterocycles. The molecule has 17 heavy (non-hydrogen) atoms. The van der Waals surface area contributed by atoms with Crippen molar-refractivity contribution in [1.82, 2.24) is 4.90 Å². The molecule has 0 amide bonds. The summed E-state index contributed by atoms with van der Waals surface area (Å²) in [6.45, 7) is 14.8. The number of nitrogens with zero attached hydrogens (tertiary/aromatic N) is 1. The fraction of sp³-hybridized carbons (Fsp3) is 0.333. The zero-order chi connectivity index (χ0) is 13.4. The van der Waals surface area contributed by atoms with E-state index in [1.54, 1.807) is 31.1 Å². The van der Waals surface area contributed by atoms with Crippen LogP contribution in [0, 0.1) is 0 Å². The quantitative estimate of drug-likeness (QED) is 0.576. The first-order valence-corrected chi connectivity index (χ1v) is 5.69. The lowest BCUT2D eigenvalue weighted by molar-refractivity contribution is 0.504. The fourth-order valence-electron chi connectivity index (χ4n) is 1.41. The molecule has 0 bridgehead atoms. The van der Waals surface area contributed by atoms with E-state index in [0.29, 0.717) is 18.5 Å². The van der Waals surface area contributed by atoms with E-state index in [4.69, 9.17) is 0 Å². The predicted octanol–water partition coefficient (Wildman–Crippen LogP) is 4.73. The molecule has 0 atom stereocenters. The SMILES string of the molecule is C=CC(=C)C/C=C(C)\C(=C(\F)CC)N(C)C=C. The van der Waals surface area contributed by atoms with Gasteiger partial charge in [-0.3, -0.25) is 0 Å². The average Bonchev–Trinajstić information content (AvgIpc) is 2.35. The molecule has 0 radical (unpaired) electrons. The normalized spacial score (nSPS) is 12.8. The summed E-state index contributed by atoms with van der Waals surface area (Å²) in [4.78, 5) is 1.70. The lowest BCUT2D eigenvalue weighted by Gasteiger charge is -2.20. The Balaban J connectivity index is 5.14. The molecule has 0 saturated heterocycles. The second-order valence-corrected chi connectivity index (χ2v) is 3.85. The minimum absolute atomic E-state index is 0.134. The van der Waals surface area contributed by atoms with Crippen LogP contribution < -0.4 is 0 Å². The molecule has 94 valence electrons. The maximum atomic E-state index is 13.8. The maximum Gasteiger partial charge on any atom is 0.123 e. The monoisotopic (exact) mass is 235 g/mol. The average molecular weight is 235 g/mol.